The van der Waals surface area contributed by atoms with E-state index < -0.39 is 12.0 Å². The summed E-state index contributed by atoms with van der Waals surface area (Å²) in [6, 6.07) is 12.9. The number of carbonyl (C=O) groups excluding carboxylic acids is 1. The third-order valence-corrected chi connectivity index (χ3v) is 7.61. The fourth-order valence-electron chi connectivity index (χ4n) is 4.26. The second-order valence-corrected chi connectivity index (χ2v) is 10.6. The third-order valence-electron chi connectivity index (χ3n) is 5.88. The second-order valence-electron chi connectivity index (χ2n) is 8.71. The number of ether oxygens (including phenoxy) is 3. The Hall–Kier alpha value is -3.30. The molecule has 0 saturated heterocycles. The molecule has 2 aliphatic heterocycles. The number of allylic oxidation sites excluding steroid dienone is 1. The SMILES string of the molecule is CSc1ccc([C@H]2C(C(=O)OC(C)C)=C(C)N=c3s/c(=C\c4ccc5c(c4)OCCO5)c(=O)n32)cc1. The monoisotopic (exact) mass is 522 g/mol. The van der Waals surface area contributed by atoms with Gasteiger partial charge < -0.3 is 14.2 Å². The van der Waals surface area contributed by atoms with Crippen molar-refractivity contribution in [3.8, 4) is 11.5 Å². The van der Waals surface area contributed by atoms with Crippen molar-refractivity contribution in [2.45, 2.75) is 37.8 Å². The third kappa shape index (κ3) is 4.60. The number of fused-ring (bicyclic) bond motifs is 2. The highest BCUT2D eigenvalue weighted by molar-refractivity contribution is 7.98. The van der Waals surface area contributed by atoms with Crippen molar-refractivity contribution >= 4 is 35.1 Å². The molecule has 0 fully saturated rings. The first-order valence-electron chi connectivity index (χ1n) is 11.6. The second kappa shape index (κ2) is 9.99. The van der Waals surface area contributed by atoms with Crippen LogP contribution >= 0.6 is 23.1 Å². The summed E-state index contributed by atoms with van der Waals surface area (Å²) in [7, 11) is 0. The number of aromatic nitrogens is 1. The number of nitrogens with zero attached hydrogens (tertiary/aromatic N) is 2. The first kappa shape index (κ1) is 24.4. The van der Waals surface area contributed by atoms with Gasteiger partial charge in [-0.25, -0.2) is 9.79 Å². The maximum Gasteiger partial charge on any atom is 0.338 e. The molecule has 0 spiro atoms. The van der Waals surface area contributed by atoms with E-state index in [1.54, 1.807) is 37.1 Å². The number of esters is 1. The Morgan fingerprint density at radius 3 is 2.58 bits per heavy atom. The standard InChI is InChI=1S/C27H26N2O5S2/c1-15(2)34-26(31)23-16(3)28-27-29(24(23)18-6-8-19(35-4)9-7-18)25(30)22(36-27)14-17-5-10-20-21(13-17)33-12-11-32-20/h5-10,13-15,24H,11-12H2,1-4H3/b22-14-/t24-/m0/s1. The highest BCUT2D eigenvalue weighted by Crippen LogP contribution is 2.33. The predicted molar refractivity (Wildman–Crippen MR) is 141 cm³/mol. The molecule has 2 aliphatic rings. The van der Waals surface area contributed by atoms with Gasteiger partial charge in [0.1, 0.15) is 13.2 Å². The van der Waals surface area contributed by atoms with Gasteiger partial charge >= 0.3 is 5.97 Å². The fourth-order valence-corrected chi connectivity index (χ4v) is 5.72. The van der Waals surface area contributed by atoms with E-state index in [-0.39, 0.29) is 11.7 Å². The van der Waals surface area contributed by atoms with Gasteiger partial charge in [0.25, 0.3) is 5.56 Å². The molecule has 3 heterocycles. The van der Waals surface area contributed by atoms with Gasteiger partial charge in [-0.15, -0.1) is 11.8 Å². The Labute approximate surface area is 216 Å². The lowest BCUT2D eigenvalue weighted by atomic mass is 9.96. The summed E-state index contributed by atoms with van der Waals surface area (Å²) in [6.07, 6.45) is 3.53. The molecule has 0 amide bonds. The molecule has 3 aromatic rings. The molecule has 1 aromatic heterocycles. The summed E-state index contributed by atoms with van der Waals surface area (Å²) < 4.78 is 19.0. The van der Waals surface area contributed by atoms with E-state index in [0.29, 0.717) is 45.3 Å². The number of hydrogen-bond donors (Lipinski definition) is 0. The smallest absolute Gasteiger partial charge is 0.338 e. The minimum absolute atomic E-state index is 0.213. The first-order chi connectivity index (χ1) is 17.4. The van der Waals surface area contributed by atoms with Crippen molar-refractivity contribution in [2.75, 3.05) is 19.5 Å². The van der Waals surface area contributed by atoms with E-state index in [1.165, 1.54) is 11.3 Å². The zero-order chi connectivity index (χ0) is 25.4. The van der Waals surface area contributed by atoms with Gasteiger partial charge in [0.15, 0.2) is 16.3 Å². The lowest BCUT2D eigenvalue weighted by molar-refractivity contribution is -0.143. The molecule has 1 atom stereocenters. The summed E-state index contributed by atoms with van der Waals surface area (Å²) in [5, 5.41) is 0. The van der Waals surface area contributed by atoms with Crippen LogP contribution in [0, 0.1) is 0 Å². The van der Waals surface area contributed by atoms with Crippen molar-refractivity contribution in [1.82, 2.24) is 4.57 Å². The average molecular weight is 523 g/mol. The van der Waals surface area contributed by atoms with Gasteiger partial charge in [-0.3, -0.25) is 9.36 Å². The zero-order valence-electron chi connectivity index (χ0n) is 20.4. The fraction of sp³-hybridized carbons (Fsp3) is 0.296. The molecule has 0 radical (unpaired) electrons. The predicted octanol–water partition coefficient (Wildman–Crippen LogP) is 3.68. The molecule has 7 nitrogen and oxygen atoms in total. The van der Waals surface area contributed by atoms with E-state index in [0.717, 1.165) is 16.0 Å². The number of thioether (sulfide) groups is 1. The molecular formula is C27H26N2O5S2. The van der Waals surface area contributed by atoms with Gasteiger partial charge in [-0.2, -0.15) is 0 Å². The van der Waals surface area contributed by atoms with Crippen molar-refractivity contribution < 1.29 is 19.0 Å². The molecule has 36 heavy (non-hydrogen) atoms. The van der Waals surface area contributed by atoms with Gasteiger partial charge in [0, 0.05) is 4.90 Å². The number of thiazole rings is 1. The van der Waals surface area contributed by atoms with Crippen molar-refractivity contribution in [1.29, 1.82) is 0 Å². The summed E-state index contributed by atoms with van der Waals surface area (Å²) in [5.41, 5.74) is 2.35. The minimum atomic E-state index is -0.633. The molecule has 2 aromatic carbocycles. The number of rotatable bonds is 5. The van der Waals surface area contributed by atoms with Crippen LogP contribution in [0.2, 0.25) is 0 Å². The largest absolute Gasteiger partial charge is 0.486 e. The highest BCUT2D eigenvalue weighted by Gasteiger charge is 2.33. The van der Waals surface area contributed by atoms with E-state index in [9.17, 15) is 9.59 Å². The van der Waals surface area contributed by atoms with Crippen LogP contribution in [0.4, 0.5) is 0 Å². The molecule has 0 N–H and O–H groups in total. The molecule has 186 valence electrons. The van der Waals surface area contributed by atoms with Crippen LogP contribution in [-0.2, 0) is 9.53 Å². The zero-order valence-corrected chi connectivity index (χ0v) is 22.1. The lowest BCUT2D eigenvalue weighted by Crippen LogP contribution is -2.40. The molecule has 0 aliphatic carbocycles. The summed E-state index contributed by atoms with van der Waals surface area (Å²) in [6.45, 7) is 6.40. The van der Waals surface area contributed by atoms with Crippen LogP contribution < -0.4 is 24.4 Å². The van der Waals surface area contributed by atoms with E-state index in [4.69, 9.17) is 14.2 Å². The van der Waals surface area contributed by atoms with Crippen LogP contribution in [0.25, 0.3) is 6.08 Å². The summed E-state index contributed by atoms with van der Waals surface area (Å²) in [4.78, 5) is 33.2. The van der Waals surface area contributed by atoms with Gasteiger partial charge in [-0.05, 0) is 68.5 Å². The Morgan fingerprint density at radius 1 is 1.17 bits per heavy atom. The van der Waals surface area contributed by atoms with E-state index >= 15 is 0 Å². The number of carbonyl (C=O) groups is 1. The average Bonchev–Trinajstić information content (AvgIpc) is 3.16. The minimum Gasteiger partial charge on any atom is -0.486 e. The van der Waals surface area contributed by atoms with E-state index in [1.807, 2.05) is 54.8 Å². The molecule has 5 rings (SSSR count). The van der Waals surface area contributed by atoms with Crippen LogP contribution in [0.1, 0.15) is 37.9 Å². The lowest BCUT2D eigenvalue weighted by Gasteiger charge is -2.25. The first-order valence-corrected chi connectivity index (χ1v) is 13.7. The summed E-state index contributed by atoms with van der Waals surface area (Å²) >= 11 is 2.93. The topological polar surface area (TPSA) is 79.1 Å². The molecule has 0 unspecified atom stereocenters. The van der Waals surface area contributed by atoms with Crippen LogP contribution in [-0.4, -0.2) is 36.1 Å². The molecule has 0 bridgehead atoms. The Kier molecular flexibility index (Phi) is 6.77. The highest BCUT2D eigenvalue weighted by atomic mass is 32.2. The van der Waals surface area contributed by atoms with Gasteiger partial charge in [-0.1, -0.05) is 29.5 Å². The Morgan fingerprint density at radius 2 is 1.89 bits per heavy atom. The molecular weight excluding hydrogens is 496 g/mol. The van der Waals surface area contributed by atoms with Crippen molar-refractivity contribution in [2.24, 2.45) is 4.99 Å². The van der Waals surface area contributed by atoms with Gasteiger partial charge in [0.05, 0.1) is 27.9 Å². The van der Waals surface area contributed by atoms with Crippen molar-refractivity contribution in [3.05, 3.63) is 84.5 Å². The van der Waals surface area contributed by atoms with Crippen LogP contribution in [0.15, 0.2) is 68.4 Å². The van der Waals surface area contributed by atoms with Crippen LogP contribution in [0.5, 0.6) is 11.5 Å². The Bertz CT molecular complexity index is 1530. The maximum atomic E-state index is 13.8. The van der Waals surface area contributed by atoms with Crippen LogP contribution in [0.3, 0.4) is 0 Å². The Balaban J connectivity index is 1.66. The van der Waals surface area contributed by atoms with Gasteiger partial charge in [0.2, 0.25) is 0 Å². The maximum absolute atomic E-state index is 13.8. The normalized spacial score (nSPS) is 17.1. The number of benzene rings is 2. The molecule has 9 heteroatoms. The number of hydrogen-bond acceptors (Lipinski definition) is 8. The van der Waals surface area contributed by atoms with E-state index in [2.05, 4.69) is 4.99 Å². The molecule has 0 saturated carbocycles. The quantitative estimate of drug-likeness (QED) is 0.376. The summed E-state index contributed by atoms with van der Waals surface area (Å²) in [5.74, 6) is 0.882. The van der Waals surface area contributed by atoms with Crippen molar-refractivity contribution in [3.63, 3.8) is 0 Å².